The van der Waals surface area contributed by atoms with Crippen LogP contribution >= 0.6 is 11.6 Å². The zero-order valence-electron chi connectivity index (χ0n) is 19.6. The number of aromatic hydroxyl groups is 1. The van der Waals surface area contributed by atoms with E-state index in [9.17, 15) is 14.7 Å². The summed E-state index contributed by atoms with van der Waals surface area (Å²) in [5.74, 6) is 0.829. The van der Waals surface area contributed by atoms with Crippen LogP contribution in [-0.4, -0.2) is 33.1 Å². The van der Waals surface area contributed by atoms with E-state index in [2.05, 4.69) is 17.3 Å². The van der Waals surface area contributed by atoms with Crippen LogP contribution in [0.5, 0.6) is 5.75 Å². The number of rotatable bonds is 12. The van der Waals surface area contributed by atoms with Crippen molar-refractivity contribution in [3.63, 3.8) is 0 Å². The molecule has 180 valence electrons. The molecule has 1 aromatic heterocycles. The van der Waals surface area contributed by atoms with Crippen molar-refractivity contribution >= 4 is 34.2 Å². The van der Waals surface area contributed by atoms with Crippen LogP contribution in [0.1, 0.15) is 72.6 Å². The molecule has 0 radical (unpaired) electrons. The summed E-state index contributed by atoms with van der Waals surface area (Å²) in [7, 11) is 0. The van der Waals surface area contributed by atoms with Crippen LogP contribution in [0.3, 0.4) is 0 Å². The molecule has 1 atom stereocenters. The minimum Gasteiger partial charge on any atom is -0.506 e. The predicted octanol–water partition coefficient (Wildman–Crippen LogP) is 6.00. The number of phenolic OH excluding ortho intramolecular Hbond substituents is 1. The van der Waals surface area contributed by atoms with Gasteiger partial charge in [-0.1, -0.05) is 24.9 Å². The highest BCUT2D eigenvalue weighted by Crippen LogP contribution is 2.30. The molecular weight excluding hydrogens is 450 g/mol. The number of nitrogens with zero attached hydrogens (tertiary/aromatic N) is 2. The van der Waals surface area contributed by atoms with Gasteiger partial charge in [-0.05, 0) is 80.3 Å². The average Bonchev–Trinajstić information content (AvgIpc) is 3.56. The van der Waals surface area contributed by atoms with Gasteiger partial charge in [0.2, 0.25) is 0 Å². The van der Waals surface area contributed by atoms with Crippen molar-refractivity contribution in [2.75, 3.05) is 6.54 Å². The first-order chi connectivity index (χ1) is 16.4. The van der Waals surface area contributed by atoms with Gasteiger partial charge in [-0.3, -0.25) is 14.3 Å². The fourth-order valence-electron chi connectivity index (χ4n) is 4.39. The number of phenols is 1. The minimum atomic E-state index is -0.242. The van der Waals surface area contributed by atoms with Gasteiger partial charge < -0.3 is 10.4 Å². The van der Waals surface area contributed by atoms with Crippen LogP contribution in [0, 0.1) is 11.8 Å². The van der Waals surface area contributed by atoms with Crippen molar-refractivity contribution in [2.45, 2.75) is 58.4 Å². The van der Waals surface area contributed by atoms with Gasteiger partial charge in [0.1, 0.15) is 5.75 Å². The van der Waals surface area contributed by atoms with Gasteiger partial charge in [-0.15, -0.1) is 0 Å². The van der Waals surface area contributed by atoms with Crippen LogP contribution < -0.4 is 5.32 Å². The number of carbonyl (C=O) groups is 2. The number of hydrogen-bond donors (Lipinski definition) is 2. The summed E-state index contributed by atoms with van der Waals surface area (Å²) < 4.78 is 1.86. The van der Waals surface area contributed by atoms with Gasteiger partial charge in [0, 0.05) is 36.3 Å². The Hall–Kier alpha value is -2.86. The lowest BCUT2D eigenvalue weighted by Gasteiger charge is -2.16. The average molecular weight is 482 g/mol. The third-order valence-corrected chi connectivity index (χ3v) is 6.78. The van der Waals surface area contributed by atoms with Crippen LogP contribution in [0.4, 0.5) is 0 Å². The second-order valence-corrected chi connectivity index (χ2v) is 9.81. The summed E-state index contributed by atoms with van der Waals surface area (Å²) in [6, 6.07) is 10.5. The first-order valence-corrected chi connectivity index (χ1v) is 12.6. The van der Waals surface area contributed by atoms with Crippen molar-refractivity contribution in [1.29, 1.82) is 0 Å². The fourth-order valence-corrected chi connectivity index (χ4v) is 4.52. The van der Waals surface area contributed by atoms with E-state index in [-0.39, 0.29) is 17.4 Å². The van der Waals surface area contributed by atoms with E-state index >= 15 is 0 Å². The molecule has 6 nitrogen and oxygen atoms in total. The van der Waals surface area contributed by atoms with E-state index in [1.165, 1.54) is 0 Å². The maximum Gasteiger partial charge on any atom is 0.255 e. The molecule has 0 aliphatic heterocycles. The third kappa shape index (κ3) is 6.17. The van der Waals surface area contributed by atoms with Crippen LogP contribution in [0.15, 0.2) is 42.6 Å². The summed E-state index contributed by atoms with van der Waals surface area (Å²) >= 11 is 5.91. The largest absolute Gasteiger partial charge is 0.506 e. The number of carbonyl (C=O) groups excluding carboxylic acids is 2. The van der Waals surface area contributed by atoms with Crippen LogP contribution in [-0.2, 0) is 6.54 Å². The van der Waals surface area contributed by atoms with E-state index < -0.39 is 0 Å². The lowest BCUT2D eigenvalue weighted by Crippen LogP contribution is -2.25. The van der Waals surface area contributed by atoms with Gasteiger partial charge in [0.15, 0.2) is 5.78 Å². The minimum absolute atomic E-state index is 0.0161. The predicted molar refractivity (Wildman–Crippen MR) is 134 cm³/mol. The topological polar surface area (TPSA) is 84.2 Å². The Labute approximate surface area is 205 Å². The molecule has 0 bridgehead atoms. The van der Waals surface area contributed by atoms with E-state index in [4.69, 9.17) is 11.6 Å². The number of ketones is 1. The summed E-state index contributed by atoms with van der Waals surface area (Å²) in [5.41, 5.74) is 1.66. The summed E-state index contributed by atoms with van der Waals surface area (Å²) in [5, 5.41) is 19.5. The SMILES string of the molecule is CCCC(CCCC(=O)c1ccc(Cl)cc1)Cn1cc2c(O)c(C(=O)NCC3CC3)ccc2n1. The number of amides is 1. The third-order valence-electron chi connectivity index (χ3n) is 6.53. The quantitative estimate of drug-likeness (QED) is 0.310. The highest BCUT2D eigenvalue weighted by atomic mass is 35.5. The van der Waals surface area contributed by atoms with E-state index in [1.54, 1.807) is 36.4 Å². The maximum atomic E-state index is 12.5. The molecule has 1 unspecified atom stereocenters. The summed E-state index contributed by atoms with van der Waals surface area (Å²) in [4.78, 5) is 24.9. The van der Waals surface area contributed by atoms with Crippen LogP contribution in [0.25, 0.3) is 10.9 Å². The fraction of sp³-hybridized carbons (Fsp3) is 0.444. The normalized spacial score (nSPS) is 14.3. The lowest BCUT2D eigenvalue weighted by molar-refractivity contribution is 0.0947. The summed E-state index contributed by atoms with van der Waals surface area (Å²) in [6.45, 7) is 3.53. The van der Waals surface area contributed by atoms with Gasteiger partial charge in [0.05, 0.1) is 16.5 Å². The Morgan fingerprint density at radius 2 is 1.94 bits per heavy atom. The van der Waals surface area contributed by atoms with E-state index in [0.29, 0.717) is 58.4 Å². The number of aromatic nitrogens is 2. The van der Waals surface area contributed by atoms with E-state index in [1.807, 2.05) is 10.9 Å². The Morgan fingerprint density at radius 3 is 2.65 bits per heavy atom. The molecule has 34 heavy (non-hydrogen) atoms. The van der Waals surface area contributed by atoms with Crippen molar-refractivity contribution in [1.82, 2.24) is 15.1 Å². The molecule has 0 spiro atoms. The van der Waals surface area contributed by atoms with Crippen LogP contribution in [0.2, 0.25) is 5.02 Å². The maximum absolute atomic E-state index is 12.5. The molecule has 1 saturated carbocycles. The summed E-state index contributed by atoms with van der Waals surface area (Å²) in [6.07, 6.45) is 8.46. The Balaban J connectivity index is 1.37. The smallest absolute Gasteiger partial charge is 0.255 e. The van der Waals surface area contributed by atoms with E-state index in [0.717, 1.165) is 38.5 Å². The molecule has 2 aromatic carbocycles. The molecule has 0 saturated heterocycles. The molecule has 2 N–H and O–H groups in total. The number of hydrogen-bond acceptors (Lipinski definition) is 4. The van der Waals surface area contributed by atoms with Crippen molar-refractivity contribution in [3.05, 3.63) is 58.7 Å². The second-order valence-electron chi connectivity index (χ2n) is 9.38. The van der Waals surface area contributed by atoms with Gasteiger partial charge in [0.25, 0.3) is 5.91 Å². The molecule has 4 rings (SSSR count). The van der Waals surface area contributed by atoms with Gasteiger partial charge in [-0.2, -0.15) is 5.10 Å². The number of nitrogens with one attached hydrogen (secondary N) is 1. The molecule has 1 amide bonds. The Bertz CT molecular complexity index is 1150. The highest BCUT2D eigenvalue weighted by Gasteiger charge is 2.23. The molecule has 1 aliphatic carbocycles. The molecule has 7 heteroatoms. The molecular formula is C27H32ClN3O3. The van der Waals surface area contributed by atoms with Crippen molar-refractivity contribution in [2.24, 2.45) is 11.8 Å². The monoisotopic (exact) mass is 481 g/mol. The molecule has 3 aromatic rings. The standard InChI is InChI=1S/C27H32ClN3O3/c1-2-4-19(5-3-6-25(32)20-9-11-21(28)12-10-20)16-31-17-23-24(30-31)14-13-22(26(23)33)27(34)29-15-18-7-8-18/h9-14,17-19,33H,2-8,15-16H2,1H3,(H,29,34). The zero-order valence-corrected chi connectivity index (χ0v) is 20.4. The second kappa shape index (κ2) is 11.0. The number of Topliss-reactive ketones (excluding diaryl/α,β-unsaturated/α-hetero) is 1. The molecule has 1 aliphatic rings. The molecule has 1 heterocycles. The first-order valence-electron chi connectivity index (χ1n) is 12.2. The number of fused-ring (bicyclic) bond motifs is 1. The van der Waals surface area contributed by atoms with Gasteiger partial charge in [-0.25, -0.2) is 0 Å². The van der Waals surface area contributed by atoms with Crippen molar-refractivity contribution in [3.8, 4) is 5.75 Å². The molecule has 1 fully saturated rings. The van der Waals surface area contributed by atoms with Crippen molar-refractivity contribution < 1.29 is 14.7 Å². The number of halogens is 1. The Kier molecular flexibility index (Phi) is 7.88. The highest BCUT2D eigenvalue weighted by molar-refractivity contribution is 6.30. The van der Waals surface area contributed by atoms with Gasteiger partial charge >= 0.3 is 0 Å². The zero-order chi connectivity index (χ0) is 24.1. The Morgan fingerprint density at radius 1 is 1.18 bits per heavy atom. The lowest BCUT2D eigenvalue weighted by atomic mass is 9.95. The first kappa shape index (κ1) is 24.3. The number of benzene rings is 2.